The van der Waals surface area contributed by atoms with Gasteiger partial charge in [0, 0.05) is 32.6 Å². The Morgan fingerprint density at radius 1 is 1.03 bits per heavy atom. The molecule has 0 radical (unpaired) electrons. The van der Waals surface area contributed by atoms with Crippen LogP contribution in [0, 0.1) is 0 Å². The zero-order valence-electron chi connectivity index (χ0n) is 16.8. The first-order valence-corrected chi connectivity index (χ1v) is 9.87. The molecule has 1 aliphatic heterocycles. The van der Waals surface area contributed by atoms with Gasteiger partial charge in [-0.15, -0.1) is 0 Å². The van der Waals surface area contributed by atoms with E-state index < -0.39 is 5.91 Å². The normalized spacial score (nSPS) is 14.4. The van der Waals surface area contributed by atoms with E-state index in [1.54, 1.807) is 31.4 Å². The number of primary amides is 1. The summed E-state index contributed by atoms with van der Waals surface area (Å²) in [7, 11) is 1.70. The van der Waals surface area contributed by atoms with Crippen molar-refractivity contribution in [3.8, 4) is 5.75 Å². The van der Waals surface area contributed by atoms with Gasteiger partial charge in [-0.1, -0.05) is 24.3 Å². The molecule has 0 aromatic heterocycles. The molecule has 154 valence electrons. The Morgan fingerprint density at radius 2 is 1.72 bits per heavy atom. The van der Waals surface area contributed by atoms with E-state index in [9.17, 15) is 9.59 Å². The third-order valence-electron chi connectivity index (χ3n) is 5.14. The van der Waals surface area contributed by atoms with Gasteiger partial charge in [-0.25, -0.2) is 0 Å². The molecule has 0 aliphatic carbocycles. The third kappa shape index (κ3) is 5.48. The number of nitrogens with one attached hydrogen (secondary N) is 1. The molecule has 1 heterocycles. The number of benzene rings is 2. The Kier molecular flexibility index (Phi) is 7.08. The summed E-state index contributed by atoms with van der Waals surface area (Å²) < 4.78 is 5.46. The van der Waals surface area contributed by atoms with Crippen molar-refractivity contribution in [3.63, 3.8) is 0 Å². The summed E-state index contributed by atoms with van der Waals surface area (Å²) in [6.45, 7) is 4.62. The molecule has 1 saturated heterocycles. The summed E-state index contributed by atoms with van der Waals surface area (Å²) >= 11 is 0. The number of piperazine rings is 1. The number of hydrogen-bond acceptors (Lipinski definition) is 5. The van der Waals surface area contributed by atoms with Gasteiger partial charge in [0.15, 0.2) is 0 Å². The average Bonchev–Trinajstić information content (AvgIpc) is 2.74. The predicted molar refractivity (Wildman–Crippen MR) is 114 cm³/mol. The van der Waals surface area contributed by atoms with Gasteiger partial charge in [-0.2, -0.15) is 0 Å². The summed E-state index contributed by atoms with van der Waals surface area (Å²) in [5, 5.41) is 2.79. The minimum Gasteiger partial charge on any atom is -0.495 e. The minimum atomic E-state index is -0.547. The van der Waals surface area contributed by atoms with Gasteiger partial charge in [-0.05, 0) is 37.2 Å². The molecule has 3 rings (SSSR count). The molecule has 3 N–H and O–H groups in total. The largest absolute Gasteiger partial charge is 0.495 e. The lowest BCUT2D eigenvalue weighted by molar-refractivity contribution is -0.116. The molecule has 2 aromatic rings. The number of nitrogens with zero attached hydrogens (tertiary/aromatic N) is 2. The lowest BCUT2D eigenvalue weighted by Crippen LogP contribution is -2.46. The van der Waals surface area contributed by atoms with Crippen molar-refractivity contribution in [1.82, 2.24) is 4.90 Å². The average molecular weight is 396 g/mol. The highest BCUT2D eigenvalue weighted by atomic mass is 16.5. The highest BCUT2D eigenvalue weighted by molar-refractivity contribution is 6.02. The molecule has 1 fully saturated rings. The Balaban J connectivity index is 1.42. The summed E-state index contributed by atoms with van der Waals surface area (Å²) in [6, 6.07) is 14.9. The fourth-order valence-corrected chi connectivity index (χ4v) is 3.59. The maximum absolute atomic E-state index is 12.2. The van der Waals surface area contributed by atoms with Crippen molar-refractivity contribution < 1.29 is 14.3 Å². The molecule has 7 nitrogen and oxygen atoms in total. The highest BCUT2D eigenvalue weighted by Crippen LogP contribution is 2.28. The smallest absolute Gasteiger partial charge is 0.250 e. The van der Waals surface area contributed by atoms with Crippen LogP contribution in [0.1, 0.15) is 23.2 Å². The molecule has 7 heteroatoms. The molecule has 1 aliphatic rings. The number of ether oxygens (including phenoxy) is 1. The summed E-state index contributed by atoms with van der Waals surface area (Å²) in [6.07, 6.45) is 1.17. The van der Waals surface area contributed by atoms with Crippen molar-refractivity contribution in [2.75, 3.05) is 50.1 Å². The first kappa shape index (κ1) is 20.7. The molecule has 0 bridgehead atoms. The molecule has 29 heavy (non-hydrogen) atoms. The van der Waals surface area contributed by atoms with Crippen LogP contribution in [-0.2, 0) is 4.79 Å². The molecular weight excluding hydrogens is 368 g/mol. The third-order valence-corrected chi connectivity index (χ3v) is 5.14. The van der Waals surface area contributed by atoms with Gasteiger partial charge >= 0.3 is 0 Å². The SMILES string of the molecule is COc1ccccc1N1CCN(CCCC(=O)Nc2ccccc2C(N)=O)CC1. The zero-order valence-corrected chi connectivity index (χ0v) is 16.8. The van der Waals surface area contributed by atoms with E-state index in [0.29, 0.717) is 17.7 Å². The molecular formula is C22H28N4O3. The van der Waals surface area contributed by atoms with E-state index in [-0.39, 0.29) is 5.91 Å². The van der Waals surface area contributed by atoms with Crippen molar-refractivity contribution in [2.24, 2.45) is 5.73 Å². The van der Waals surface area contributed by atoms with E-state index in [0.717, 1.165) is 50.6 Å². The van der Waals surface area contributed by atoms with Crippen molar-refractivity contribution in [1.29, 1.82) is 0 Å². The predicted octanol–water partition coefficient (Wildman–Crippen LogP) is 2.33. The Morgan fingerprint density at radius 3 is 2.45 bits per heavy atom. The number of hydrogen-bond donors (Lipinski definition) is 2. The monoisotopic (exact) mass is 396 g/mol. The molecule has 2 aromatic carbocycles. The van der Waals surface area contributed by atoms with Gasteiger partial charge in [0.05, 0.1) is 24.0 Å². The van der Waals surface area contributed by atoms with E-state index in [1.807, 2.05) is 18.2 Å². The topological polar surface area (TPSA) is 87.9 Å². The number of carbonyl (C=O) groups is 2. The van der Waals surface area contributed by atoms with E-state index in [1.165, 1.54) is 0 Å². The van der Waals surface area contributed by atoms with Crippen LogP contribution in [0.25, 0.3) is 0 Å². The second-order valence-corrected chi connectivity index (χ2v) is 7.06. The number of carbonyl (C=O) groups excluding carboxylic acids is 2. The quantitative estimate of drug-likeness (QED) is 0.715. The Bertz CT molecular complexity index is 847. The maximum atomic E-state index is 12.2. The molecule has 0 atom stereocenters. The van der Waals surface area contributed by atoms with E-state index >= 15 is 0 Å². The second kappa shape index (κ2) is 9.93. The Labute approximate surface area is 171 Å². The van der Waals surface area contributed by atoms with Crippen molar-refractivity contribution in [2.45, 2.75) is 12.8 Å². The fraction of sp³-hybridized carbons (Fsp3) is 0.364. The van der Waals surface area contributed by atoms with E-state index in [4.69, 9.17) is 10.5 Å². The van der Waals surface area contributed by atoms with Gasteiger partial charge < -0.3 is 20.7 Å². The summed E-state index contributed by atoms with van der Waals surface area (Å²) in [5.41, 5.74) is 7.27. The van der Waals surface area contributed by atoms with Crippen molar-refractivity contribution >= 4 is 23.2 Å². The molecule has 0 spiro atoms. The number of anilines is 2. The number of para-hydroxylation sites is 3. The summed E-state index contributed by atoms with van der Waals surface area (Å²) in [5.74, 6) is 0.244. The standard InChI is InChI=1S/C22H28N4O3/c1-29-20-10-5-4-9-19(20)26-15-13-25(14-16-26)12-6-11-21(27)24-18-8-3-2-7-17(18)22(23)28/h2-5,7-10H,6,11-16H2,1H3,(H2,23,28)(H,24,27). The van der Waals surface area contributed by atoms with Crippen LogP contribution in [0.5, 0.6) is 5.75 Å². The fourth-order valence-electron chi connectivity index (χ4n) is 3.59. The molecule has 2 amide bonds. The number of amides is 2. The number of rotatable bonds is 8. The van der Waals surface area contributed by atoms with Crippen LogP contribution >= 0.6 is 0 Å². The van der Waals surface area contributed by atoms with Crippen LogP contribution in [0.3, 0.4) is 0 Å². The minimum absolute atomic E-state index is 0.105. The maximum Gasteiger partial charge on any atom is 0.250 e. The van der Waals surface area contributed by atoms with Gasteiger partial charge in [0.25, 0.3) is 5.91 Å². The van der Waals surface area contributed by atoms with Crippen LogP contribution in [0.4, 0.5) is 11.4 Å². The highest BCUT2D eigenvalue weighted by Gasteiger charge is 2.19. The van der Waals surface area contributed by atoms with Crippen LogP contribution in [0.2, 0.25) is 0 Å². The second-order valence-electron chi connectivity index (χ2n) is 7.06. The first-order valence-electron chi connectivity index (χ1n) is 9.87. The zero-order chi connectivity index (χ0) is 20.6. The number of nitrogens with two attached hydrogens (primary N) is 1. The van der Waals surface area contributed by atoms with Crippen LogP contribution < -0.4 is 20.7 Å². The van der Waals surface area contributed by atoms with E-state index in [2.05, 4.69) is 21.2 Å². The lowest BCUT2D eigenvalue weighted by atomic mass is 10.1. The first-order chi connectivity index (χ1) is 14.1. The van der Waals surface area contributed by atoms with Gasteiger partial charge in [0.2, 0.25) is 5.91 Å². The van der Waals surface area contributed by atoms with Gasteiger partial charge in [0.1, 0.15) is 5.75 Å². The van der Waals surface area contributed by atoms with Crippen molar-refractivity contribution in [3.05, 3.63) is 54.1 Å². The summed E-state index contributed by atoms with van der Waals surface area (Å²) in [4.78, 5) is 28.4. The van der Waals surface area contributed by atoms with Gasteiger partial charge in [-0.3, -0.25) is 14.5 Å². The lowest BCUT2D eigenvalue weighted by Gasteiger charge is -2.36. The van der Waals surface area contributed by atoms with Crippen LogP contribution in [0.15, 0.2) is 48.5 Å². The molecule has 0 saturated carbocycles. The number of methoxy groups -OCH3 is 1. The van der Waals surface area contributed by atoms with Crippen LogP contribution in [-0.4, -0.2) is 56.5 Å². The Hall–Kier alpha value is -3.06. The molecule has 0 unspecified atom stereocenters.